The largest absolute Gasteiger partial charge is 0.329 e. The van der Waals surface area contributed by atoms with Gasteiger partial charge in [0.15, 0.2) is 0 Å². The molecule has 4 N–H and O–H groups in total. The minimum atomic E-state index is 0.170. The molecule has 0 aromatic rings. The maximum atomic E-state index is 10.4. The highest BCUT2D eigenvalue weighted by molar-refractivity contribution is 5.77. The van der Waals surface area contributed by atoms with Crippen molar-refractivity contribution in [1.82, 2.24) is 10.6 Å². The highest BCUT2D eigenvalue weighted by atomic mass is 16.1. The van der Waals surface area contributed by atoms with Gasteiger partial charge in [-0.25, -0.2) is 0 Å². The van der Waals surface area contributed by atoms with E-state index in [0.717, 1.165) is 19.6 Å². The molecule has 0 radical (unpaired) electrons. The summed E-state index contributed by atoms with van der Waals surface area (Å²) in [5.41, 5.74) is 5.25. The third-order valence-corrected chi connectivity index (χ3v) is 1.17. The van der Waals surface area contributed by atoms with Crippen molar-refractivity contribution in [2.45, 2.75) is 6.92 Å². The Labute approximate surface area is 67.5 Å². The lowest BCUT2D eigenvalue weighted by Crippen LogP contribution is -2.32. The maximum Gasteiger partial charge on any atom is 0.143 e. The number of carbonyl (C=O) groups excluding carboxylic acids is 1. The zero-order valence-electron chi connectivity index (χ0n) is 7.02. The molecule has 0 rings (SSSR count). The van der Waals surface area contributed by atoms with Crippen LogP contribution in [0.1, 0.15) is 6.92 Å². The summed E-state index contributed by atoms with van der Waals surface area (Å²) in [7, 11) is 0. The van der Waals surface area contributed by atoms with Crippen molar-refractivity contribution in [2.24, 2.45) is 5.73 Å². The van der Waals surface area contributed by atoms with Crippen LogP contribution < -0.4 is 16.4 Å². The van der Waals surface area contributed by atoms with E-state index in [1.54, 1.807) is 6.92 Å². The molecule has 0 unspecified atom stereocenters. The van der Waals surface area contributed by atoms with E-state index in [0.29, 0.717) is 13.1 Å². The number of carbonyl (C=O) groups is 1. The molecule has 0 bridgehead atoms. The fourth-order valence-electron chi connectivity index (χ4n) is 0.668. The second-order valence-corrected chi connectivity index (χ2v) is 2.42. The molecule has 4 heteroatoms. The van der Waals surface area contributed by atoms with Crippen LogP contribution in [-0.4, -0.2) is 38.5 Å². The average molecular weight is 159 g/mol. The summed E-state index contributed by atoms with van der Waals surface area (Å²) < 4.78 is 0. The Morgan fingerprint density at radius 2 is 1.91 bits per heavy atom. The van der Waals surface area contributed by atoms with Gasteiger partial charge >= 0.3 is 0 Å². The van der Waals surface area contributed by atoms with Gasteiger partial charge < -0.3 is 16.4 Å². The molecule has 0 aromatic carbocycles. The highest BCUT2D eigenvalue weighted by Gasteiger charge is 1.90. The first-order chi connectivity index (χ1) is 5.27. The molecular formula is C7H17N3O. The molecule has 4 nitrogen and oxygen atoms in total. The normalized spacial score (nSPS) is 10.0. The number of nitrogens with one attached hydrogen (secondary N) is 2. The van der Waals surface area contributed by atoms with E-state index < -0.39 is 0 Å². The lowest BCUT2D eigenvalue weighted by molar-refractivity contribution is -0.116. The Morgan fingerprint density at radius 1 is 1.27 bits per heavy atom. The minimum Gasteiger partial charge on any atom is -0.329 e. The number of rotatable bonds is 7. The van der Waals surface area contributed by atoms with Gasteiger partial charge in [0.1, 0.15) is 5.78 Å². The van der Waals surface area contributed by atoms with Crippen molar-refractivity contribution in [2.75, 3.05) is 32.7 Å². The zero-order valence-corrected chi connectivity index (χ0v) is 7.02. The van der Waals surface area contributed by atoms with Crippen LogP contribution in [0.2, 0.25) is 0 Å². The topological polar surface area (TPSA) is 67.2 Å². The first-order valence-corrected chi connectivity index (χ1v) is 3.88. The minimum absolute atomic E-state index is 0.170. The Hall–Kier alpha value is -0.450. The number of ketones is 1. The van der Waals surface area contributed by atoms with Gasteiger partial charge in [0.2, 0.25) is 0 Å². The molecule has 0 fully saturated rings. The van der Waals surface area contributed by atoms with E-state index in [2.05, 4.69) is 10.6 Å². The van der Waals surface area contributed by atoms with E-state index in [4.69, 9.17) is 5.73 Å². The van der Waals surface area contributed by atoms with Crippen molar-refractivity contribution in [3.8, 4) is 0 Å². The molecule has 66 valence electrons. The van der Waals surface area contributed by atoms with E-state index >= 15 is 0 Å². The highest BCUT2D eigenvalue weighted by Crippen LogP contribution is 1.63. The molecule has 0 amide bonds. The van der Waals surface area contributed by atoms with Gasteiger partial charge in [-0.05, 0) is 6.92 Å². The Kier molecular flexibility index (Phi) is 7.34. The molecular weight excluding hydrogens is 142 g/mol. The van der Waals surface area contributed by atoms with Crippen molar-refractivity contribution < 1.29 is 4.79 Å². The van der Waals surface area contributed by atoms with Crippen LogP contribution in [0.25, 0.3) is 0 Å². The lowest BCUT2D eigenvalue weighted by Gasteiger charge is -2.02. The standard InChI is InChI=1S/C7H17N3O/c1-7(11)6-10-5-4-9-3-2-8/h9-10H,2-6,8H2,1H3. The molecule has 0 spiro atoms. The van der Waals surface area contributed by atoms with E-state index in [1.165, 1.54) is 0 Å². The summed E-state index contributed by atoms with van der Waals surface area (Å²) in [4.78, 5) is 10.4. The molecule has 0 saturated heterocycles. The summed E-state index contributed by atoms with van der Waals surface area (Å²) in [5, 5.41) is 6.10. The zero-order chi connectivity index (χ0) is 8.53. The molecule has 0 aliphatic carbocycles. The lowest BCUT2D eigenvalue weighted by atomic mass is 10.4. The average Bonchev–Trinajstić information content (AvgIpc) is 1.96. The Bertz CT molecular complexity index is 106. The van der Waals surface area contributed by atoms with Gasteiger partial charge in [0.05, 0.1) is 6.54 Å². The number of hydrogen-bond acceptors (Lipinski definition) is 4. The molecule has 11 heavy (non-hydrogen) atoms. The first-order valence-electron chi connectivity index (χ1n) is 3.88. The maximum absolute atomic E-state index is 10.4. The number of Topliss-reactive ketones (excluding diaryl/α,β-unsaturated/α-hetero) is 1. The van der Waals surface area contributed by atoms with Gasteiger partial charge in [-0.3, -0.25) is 4.79 Å². The van der Waals surface area contributed by atoms with E-state index in [1.807, 2.05) is 0 Å². The van der Waals surface area contributed by atoms with Gasteiger partial charge in [0.25, 0.3) is 0 Å². The predicted octanol–water partition coefficient (Wildman–Crippen LogP) is -1.29. The SMILES string of the molecule is CC(=O)CNCCNCCN. The summed E-state index contributed by atoms with van der Waals surface area (Å²) in [6, 6.07) is 0. The molecule has 0 atom stereocenters. The van der Waals surface area contributed by atoms with Crippen LogP contribution in [0, 0.1) is 0 Å². The molecule has 0 saturated carbocycles. The van der Waals surface area contributed by atoms with Crippen molar-refractivity contribution in [1.29, 1.82) is 0 Å². The Balaban J connectivity index is 2.85. The fraction of sp³-hybridized carbons (Fsp3) is 0.857. The van der Waals surface area contributed by atoms with Crippen LogP contribution in [0.3, 0.4) is 0 Å². The van der Waals surface area contributed by atoms with Gasteiger partial charge in [-0.15, -0.1) is 0 Å². The summed E-state index contributed by atoms with van der Waals surface area (Å²) >= 11 is 0. The van der Waals surface area contributed by atoms with E-state index in [-0.39, 0.29) is 5.78 Å². The number of nitrogens with two attached hydrogens (primary N) is 1. The quantitative estimate of drug-likeness (QED) is 0.404. The van der Waals surface area contributed by atoms with Crippen molar-refractivity contribution in [3.05, 3.63) is 0 Å². The molecule has 0 aliphatic heterocycles. The summed E-state index contributed by atoms with van der Waals surface area (Å²) in [6.07, 6.45) is 0. The van der Waals surface area contributed by atoms with Crippen LogP contribution in [0.4, 0.5) is 0 Å². The molecule has 0 heterocycles. The van der Waals surface area contributed by atoms with E-state index in [9.17, 15) is 4.79 Å². The summed E-state index contributed by atoms with van der Waals surface area (Å²) in [6.45, 7) is 5.21. The fourth-order valence-corrected chi connectivity index (χ4v) is 0.668. The van der Waals surface area contributed by atoms with Gasteiger partial charge in [-0.1, -0.05) is 0 Å². The van der Waals surface area contributed by atoms with Crippen molar-refractivity contribution in [3.63, 3.8) is 0 Å². The third-order valence-electron chi connectivity index (χ3n) is 1.17. The molecule has 0 aromatic heterocycles. The van der Waals surface area contributed by atoms with Crippen LogP contribution >= 0.6 is 0 Å². The van der Waals surface area contributed by atoms with Gasteiger partial charge in [0, 0.05) is 26.2 Å². The van der Waals surface area contributed by atoms with Crippen LogP contribution in [0.15, 0.2) is 0 Å². The van der Waals surface area contributed by atoms with Gasteiger partial charge in [-0.2, -0.15) is 0 Å². The third kappa shape index (κ3) is 9.55. The smallest absolute Gasteiger partial charge is 0.143 e. The first kappa shape index (κ1) is 10.6. The van der Waals surface area contributed by atoms with Crippen LogP contribution in [-0.2, 0) is 4.79 Å². The van der Waals surface area contributed by atoms with Crippen molar-refractivity contribution >= 4 is 5.78 Å². The molecule has 0 aliphatic rings. The van der Waals surface area contributed by atoms with Crippen LogP contribution in [0.5, 0.6) is 0 Å². The monoisotopic (exact) mass is 159 g/mol. The second-order valence-electron chi connectivity index (χ2n) is 2.42. The summed E-state index contributed by atoms with van der Waals surface area (Å²) in [5.74, 6) is 0.170. The Morgan fingerprint density at radius 3 is 2.45 bits per heavy atom. The second kappa shape index (κ2) is 7.65. The number of hydrogen-bond donors (Lipinski definition) is 3. The predicted molar refractivity (Wildman–Crippen MR) is 45.5 cm³/mol.